The second kappa shape index (κ2) is 4.68. The molecule has 1 atom stereocenters. The minimum atomic E-state index is -0.149. The lowest BCUT2D eigenvalue weighted by Crippen LogP contribution is -2.39. The van der Waals surface area contributed by atoms with Gasteiger partial charge in [0.25, 0.3) is 0 Å². The molecule has 1 saturated carbocycles. The number of hydrogen-bond donors (Lipinski definition) is 1. The van der Waals surface area contributed by atoms with Gasteiger partial charge >= 0.3 is 0 Å². The molecule has 1 aromatic carbocycles. The van der Waals surface area contributed by atoms with Crippen molar-refractivity contribution in [1.29, 1.82) is 0 Å². The van der Waals surface area contributed by atoms with Crippen LogP contribution in [-0.4, -0.2) is 23.9 Å². The van der Waals surface area contributed by atoms with E-state index in [0.717, 1.165) is 24.9 Å². The molecule has 4 nitrogen and oxygen atoms in total. The summed E-state index contributed by atoms with van der Waals surface area (Å²) in [4.78, 5) is 25.8. The van der Waals surface area contributed by atoms with E-state index in [9.17, 15) is 9.59 Å². The van der Waals surface area contributed by atoms with Gasteiger partial charge in [-0.05, 0) is 37.8 Å². The Morgan fingerprint density at radius 1 is 1.32 bits per heavy atom. The fourth-order valence-electron chi connectivity index (χ4n) is 2.67. The number of hydrogen-bond acceptors (Lipinski definition) is 2. The molecule has 2 aliphatic rings. The fraction of sp³-hybridized carbons (Fsp3) is 0.467. The first-order valence-electron chi connectivity index (χ1n) is 6.84. The largest absolute Gasteiger partial charge is 0.353 e. The van der Waals surface area contributed by atoms with Crippen molar-refractivity contribution in [2.75, 3.05) is 4.90 Å². The van der Waals surface area contributed by atoms with Crippen LogP contribution in [0.25, 0.3) is 0 Å². The van der Waals surface area contributed by atoms with Crippen LogP contribution >= 0.6 is 0 Å². The smallest absolute Gasteiger partial charge is 0.236 e. The van der Waals surface area contributed by atoms with Crippen molar-refractivity contribution in [2.45, 2.75) is 44.7 Å². The van der Waals surface area contributed by atoms with Gasteiger partial charge in [0.05, 0.1) is 0 Å². The minimum Gasteiger partial charge on any atom is -0.353 e. The Morgan fingerprint density at radius 3 is 2.79 bits per heavy atom. The zero-order chi connectivity index (χ0) is 13.4. The summed E-state index contributed by atoms with van der Waals surface area (Å²) in [5.74, 6) is -0.250. The Bertz CT molecular complexity index is 523. The lowest BCUT2D eigenvalue weighted by atomic mass is 10.1. The van der Waals surface area contributed by atoms with Crippen molar-refractivity contribution < 1.29 is 9.59 Å². The first-order chi connectivity index (χ1) is 9.15. The van der Waals surface area contributed by atoms with E-state index < -0.39 is 0 Å². The van der Waals surface area contributed by atoms with E-state index in [2.05, 4.69) is 5.32 Å². The van der Waals surface area contributed by atoms with Gasteiger partial charge in [-0.1, -0.05) is 18.2 Å². The Hall–Kier alpha value is -1.84. The Kier molecular flexibility index (Phi) is 3.01. The third-order valence-corrected chi connectivity index (χ3v) is 3.73. The molecule has 4 heteroatoms. The molecule has 0 bridgehead atoms. The van der Waals surface area contributed by atoms with Gasteiger partial charge < -0.3 is 10.2 Å². The number of benzene rings is 1. The maximum atomic E-state index is 12.3. The highest BCUT2D eigenvalue weighted by atomic mass is 16.2. The molecule has 0 spiro atoms. The van der Waals surface area contributed by atoms with Crippen LogP contribution in [0.4, 0.5) is 5.69 Å². The summed E-state index contributed by atoms with van der Waals surface area (Å²) in [5, 5.41) is 2.86. The van der Waals surface area contributed by atoms with Crippen molar-refractivity contribution in [3.8, 4) is 0 Å². The van der Waals surface area contributed by atoms with Crippen LogP contribution in [0, 0.1) is 0 Å². The predicted molar refractivity (Wildman–Crippen MR) is 72.9 cm³/mol. The van der Waals surface area contributed by atoms with Gasteiger partial charge in [-0.2, -0.15) is 0 Å². The molecule has 1 aromatic rings. The zero-order valence-corrected chi connectivity index (χ0v) is 11.1. The molecule has 1 unspecified atom stereocenters. The van der Waals surface area contributed by atoms with Crippen LogP contribution in [-0.2, 0) is 16.0 Å². The summed E-state index contributed by atoms with van der Waals surface area (Å²) >= 11 is 0. The SMILES string of the molecule is CC1Cc2ccccc2N1C(=O)CC(=O)NC1CC1. The Labute approximate surface area is 112 Å². The van der Waals surface area contributed by atoms with E-state index in [4.69, 9.17) is 0 Å². The second-order valence-electron chi connectivity index (χ2n) is 5.46. The van der Waals surface area contributed by atoms with Gasteiger partial charge in [0.15, 0.2) is 0 Å². The molecule has 1 aliphatic carbocycles. The predicted octanol–water partition coefficient (Wildman–Crippen LogP) is 1.63. The molecule has 1 heterocycles. The molecule has 0 aromatic heterocycles. The summed E-state index contributed by atoms with van der Waals surface area (Å²) in [6.45, 7) is 2.02. The minimum absolute atomic E-state index is 0.0465. The summed E-state index contributed by atoms with van der Waals surface area (Å²) in [6.07, 6.45) is 2.91. The van der Waals surface area contributed by atoms with Crippen molar-refractivity contribution in [2.24, 2.45) is 0 Å². The molecule has 19 heavy (non-hydrogen) atoms. The summed E-state index contributed by atoms with van der Waals surface area (Å²) in [7, 11) is 0. The average molecular weight is 258 g/mol. The first kappa shape index (κ1) is 12.2. The maximum Gasteiger partial charge on any atom is 0.236 e. The van der Waals surface area contributed by atoms with Crippen molar-refractivity contribution >= 4 is 17.5 Å². The number of fused-ring (bicyclic) bond motifs is 1. The second-order valence-corrected chi connectivity index (χ2v) is 5.46. The van der Waals surface area contributed by atoms with Crippen molar-refractivity contribution in [1.82, 2.24) is 5.32 Å². The quantitative estimate of drug-likeness (QED) is 0.838. The van der Waals surface area contributed by atoms with E-state index in [1.54, 1.807) is 4.90 Å². The molecule has 1 N–H and O–H groups in total. The summed E-state index contributed by atoms with van der Waals surface area (Å²) in [5.41, 5.74) is 2.14. The number of amides is 2. The number of rotatable bonds is 3. The van der Waals surface area contributed by atoms with Gasteiger partial charge in [0.2, 0.25) is 11.8 Å². The van der Waals surface area contributed by atoms with Gasteiger partial charge in [-0.25, -0.2) is 0 Å². The average Bonchev–Trinajstić information content (AvgIpc) is 3.08. The lowest BCUT2D eigenvalue weighted by molar-refractivity contribution is -0.128. The molecule has 0 radical (unpaired) electrons. The number of nitrogens with zero attached hydrogens (tertiary/aromatic N) is 1. The molecule has 1 aliphatic heterocycles. The van der Waals surface area contributed by atoms with Crippen LogP contribution in [0.2, 0.25) is 0 Å². The number of para-hydroxylation sites is 1. The lowest BCUT2D eigenvalue weighted by Gasteiger charge is -2.22. The normalized spacial score (nSPS) is 21.1. The van der Waals surface area contributed by atoms with Gasteiger partial charge in [0.1, 0.15) is 6.42 Å². The number of anilines is 1. The van der Waals surface area contributed by atoms with Crippen LogP contribution in [0.3, 0.4) is 0 Å². The monoisotopic (exact) mass is 258 g/mol. The molecule has 0 saturated heterocycles. The number of carbonyl (C=O) groups excluding carboxylic acids is 2. The van der Waals surface area contributed by atoms with E-state index in [-0.39, 0.29) is 24.3 Å². The van der Waals surface area contributed by atoms with Gasteiger partial charge in [-0.3, -0.25) is 9.59 Å². The highest BCUT2D eigenvalue weighted by molar-refractivity contribution is 6.06. The number of nitrogens with one attached hydrogen (secondary N) is 1. The van der Waals surface area contributed by atoms with E-state index in [0.29, 0.717) is 6.04 Å². The standard InChI is InChI=1S/C15H18N2O2/c1-10-8-11-4-2-3-5-13(11)17(10)15(19)9-14(18)16-12-6-7-12/h2-5,10,12H,6-9H2,1H3,(H,16,18). The van der Waals surface area contributed by atoms with E-state index in [1.807, 2.05) is 31.2 Å². The first-order valence-corrected chi connectivity index (χ1v) is 6.84. The van der Waals surface area contributed by atoms with Crippen molar-refractivity contribution in [3.05, 3.63) is 29.8 Å². The fourth-order valence-corrected chi connectivity index (χ4v) is 2.67. The van der Waals surface area contributed by atoms with E-state index in [1.165, 1.54) is 5.56 Å². The molecular weight excluding hydrogens is 240 g/mol. The molecule has 2 amide bonds. The Morgan fingerprint density at radius 2 is 2.05 bits per heavy atom. The summed E-state index contributed by atoms with van der Waals surface area (Å²) < 4.78 is 0. The highest BCUT2D eigenvalue weighted by Crippen LogP contribution is 2.32. The van der Waals surface area contributed by atoms with Gasteiger partial charge in [-0.15, -0.1) is 0 Å². The topological polar surface area (TPSA) is 49.4 Å². The molecule has 100 valence electrons. The van der Waals surface area contributed by atoms with E-state index >= 15 is 0 Å². The zero-order valence-electron chi connectivity index (χ0n) is 11.1. The third-order valence-electron chi connectivity index (χ3n) is 3.73. The van der Waals surface area contributed by atoms with Crippen LogP contribution in [0.15, 0.2) is 24.3 Å². The van der Waals surface area contributed by atoms with Crippen molar-refractivity contribution in [3.63, 3.8) is 0 Å². The molecular formula is C15H18N2O2. The summed E-state index contributed by atoms with van der Waals surface area (Å²) in [6, 6.07) is 8.36. The van der Waals surface area contributed by atoms with Crippen LogP contribution in [0.5, 0.6) is 0 Å². The highest BCUT2D eigenvalue weighted by Gasteiger charge is 2.32. The number of carbonyl (C=O) groups is 2. The van der Waals surface area contributed by atoms with Crippen LogP contribution in [0.1, 0.15) is 31.7 Å². The van der Waals surface area contributed by atoms with Gasteiger partial charge in [0, 0.05) is 17.8 Å². The Balaban J connectivity index is 1.70. The molecule has 3 rings (SSSR count). The maximum absolute atomic E-state index is 12.3. The third kappa shape index (κ3) is 2.48. The van der Waals surface area contributed by atoms with Crippen LogP contribution < -0.4 is 10.2 Å². The molecule has 1 fully saturated rings.